The fraction of sp³-hybridized carbons (Fsp3) is 0.500. The van der Waals surface area contributed by atoms with E-state index in [9.17, 15) is 4.79 Å². The maximum atomic E-state index is 12.0. The van der Waals surface area contributed by atoms with Gasteiger partial charge in [0.2, 0.25) is 5.88 Å². The molecule has 4 nitrogen and oxygen atoms in total. The Balaban J connectivity index is 2.75. The predicted octanol–water partition coefficient (Wildman–Crippen LogP) is 2.23. The number of alkyl halides is 1. The van der Waals surface area contributed by atoms with Crippen molar-refractivity contribution >= 4 is 17.5 Å². The van der Waals surface area contributed by atoms with Crippen LogP contribution in [0.25, 0.3) is 0 Å². The van der Waals surface area contributed by atoms with Crippen molar-refractivity contribution in [3.8, 4) is 5.88 Å². The fourth-order valence-electron chi connectivity index (χ4n) is 1.50. The number of amides is 1. The quantitative estimate of drug-likeness (QED) is 0.794. The largest absolute Gasteiger partial charge is 0.480 e. The summed E-state index contributed by atoms with van der Waals surface area (Å²) in [5.74, 6) is 0.695. The highest BCUT2D eigenvalue weighted by molar-refractivity contribution is 6.17. The summed E-state index contributed by atoms with van der Waals surface area (Å²) < 4.78 is 5.04. The number of pyridine rings is 1. The van der Waals surface area contributed by atoms with Crippen molar-refractivity contribution in [3.63, 3.8) is 0 Å². The van der Waals surface area contributed by atoms with Crippen LogP contribution in [0.1, 0.15) is 30.1 Å². The van der Waals surface area contributed by atoms with Crippen LogP contribution in [0, 0.1) is 0 Å². The molecule has 0 bridgehead atoms. The van der Waals surface area contributed by atoms with Gasteiger partial charge in [-0.1, -0.05) is 6.92 Å². The average Bonchev–Trinajstić information content (AvgIpc) is 2.38. The maximum Gasteiger partial charge on any atom is 0.256 e. The highest BCUT2D eigenvalue weighted by atomic mass is 35.5. The second-order valence-electron chi connectivity index (χ2n) is 3.62. The zero-order valence-corrected chi connectivity index (χ0v) is 10.8. The number of aromatic nitrogens is 1. The molecule has 0 saturated heterocycles. The van der Waals surface area contributed by atoms with Crippen molar-refractivity contribution in [2.45, 2.75) is 25.8 Å². The molecule has 1 aromatic rings. The number of rotatable bonds is 6. The Morgan fingerprint density at radius 2 is 2.41 bits per heavy atom. The predicted molar refractivity (Wildman–Crippen MR) is 67.7 cm³/mol. The molecule has 94 valence electrons. The van der Waals surface area contributed by atoms with Crippen molar-refractivity contribution in [2.24, 2.45) is 0 Å². The van der Waals surface area contributed by atoms with Gasteiger partial charge in [-0.2, -0.15) is 0 Å². The van der Waals surface area contributed by atoms with Crippen LogP contribution in [-0.4, -0.2) is 29.9 Å². The highest BCUT2D eigenvalue weighted by Crippen LogP contribution is 2.14. The first-order valence-electron chi connectivity index (χ1n) is 5.58. The Labute approximate surface area is 106 Å². The summed E-state index contributed by atoms with van der Waals surface area (Å²) in [7, 11) is 1.50. The molecule has 1 unspecified atom stereocenters. The summed E-state index contributed by atoms with van der Waals surface area (Å²) in [6, 6.07) is 3.49. The lowest BCUT2D eigenvalue weighted by atomic mass is 10.1. The van der Waals surface area contributed by atoms with E-state index in [1.54, 1.807) is 18.3 Å². The van der Waals surface area contributed by atoms with E-state index in [0.717, 1.165) is 12.8 Å². The first-order chi connectivity index (χ1) is 8.22. The van der Waals surface area contributed by atoms with Gasteiger partial charge in [0.1, 0.15) is 5.56 Å². The Morgan fingerprint density at radius 1 is 1.65 bits per heavy atom. The molecule has 1 amide bonds. The molecular formula is C12H17ClN2O2. The molecular weight excluding hydrogens is 240 g/mol. The summed E-state index contributed by atoms with van der Waals surface area (Å²) >= 11 is 5.67. The van der Waals surface area contributed by atoms with Crippen molar-refractivity contribution < 1.29 is 9.53 Å². The Morgan fingerprint density at radius 3 is 3.00 bits per heavy atom. The standard InChI is InChI=1S/C12H17ClN2O2/c1-3-9(6-7-13)15-11(16)10-5-4-8-14-12(10)17-2/h4-5,8-9H,3,6-7H2,1-2H3,(H,15,16). The van der Waals surface area contributed by atoms with Crippen LogP contribution >= 0.6 is 11.6 Å². The van der Waals surface area contributed by atoms with Crippen molar-refractivity contribution in [3.05, 3.63) is 23.9 Å². The molecule has 0 radical (unpaired) electrons. The second-order valence-corrected chi connectivity index (χ2v) is 3.99. The third-order valence-corrected chi connectivity index (χ3v) is 2.71. The van der Waals surface area contributed by atoms with E-state index in [1.165, 1.54) is 7.11 Å². The van der Waals surface area contributed by atoms with E-state index in [0.29, 0.717) is 17.3 Å². The smallest absolute Gasteiger partial charge is 0.256 e. The molecule has 1 heterocycles. The highest BCUT2D eigenvalue weighted by Gasteiger charge is 2.15. The lowest BCUT2D eigenvalue weighted by Gasteiger charge is -2.16. The Bertz CT molecular complexity index is 371. The summed E-state index contributed by atoms with van der Waals surface area (Å²) in [5.41, 5.74) is 0.447. The zero-order valence-electron chi connectivity index (χ0n) is 10.1. The van der Waals surface area contributed by atoms with E-state index >= 15 is 0 Å². The van der Waals surface area contributed by atoms with Gasteiger partial charge in [-0.15, -0.1) is 11.6 Å². The molecule has 0 aliphatic rings. The van der Waals surface area contributed by atoms with Crippen LogP contribution in [0.5, 0.6) is 5.88 Å². The molecule has 0 fully saturated rings. The molecule has 0 spiro atoms. The lowest BCUT2D eigenvalue weighted by Crippen LogP contribution is -2.35. The molecule has 0 aliphatic heterocycles. The van der Waals surface area contributed by atoms with Gasteiger partial charge in [-0.25, -0.2) is 4.98 Å². The number of hydrogen-bond donors (Lipinski definition) is 1. The van der Waals surface area contributed by atoms with Crippen LogP contribution < -0.4 is 10.1 Å². The van der Waals surface area contributed by atoms with Gasteiger partial charge in [0.05, 0.1) is 7.11 Å². The van der Waals surface area contributed by atoms with Gasteiger partial charge in [0.25, 0.3) is 5.91 Å². The number of carbonyl (C=O) groups excluding carboxylic acids is 1. The van der Waals surface area contributed by atoms with Gasteiger partial charge in [0.15, 0.2) is 0 Å². The summed E-state index contributed by atoms with van der Waals surface area (Å²) in [5, 5.41) is 2.92. The van der Waals surface area contributed by atoms with Crippen LogP contribution in [0.4, 0.5) is 0 Å². The minimum absolute atomic E-state index is 0.0879. The average molecular weight is 257 g/mol. The number of nitrogens with one attached hydrogen (secondary N) is 1. The molecule has 1 aromatic heterocycles. The van der Waals surface area contributed by atoms with E-state index in [2.05, 4.69) is 10.3 Å². The Kier molecular flexibility index (Phi) is 5.77. The number of methoxy groups -OCH3 is 1. The van der Waals surface area contributed by atoms with E-state index in [-0.39, 0.29) is 11.9 Å². The minimum atomic E-state index is -0.174. The van der Waals surface area contributed by atoms with Gasteiger partial charge in [-0.3, -0.25) is 4.79 Å². The minimum Gasteiger partial charge on any atom is -0.480 e. The molecule has 0 saturated carbocycles. The number of hydrogen-bond acceptors (Lipinski definition) is 3. The Hall–Kier alpha value is -1.29. The molecule has 1 rings (SSSR count). The third kappa shape index (κ3) is 3.89. The third-order valence-electron chi connectivity index (χ3n) is 2.49. The normalized spacial score (nSPS) is 11.9. The van der Waals surface area contributed by atoms with Crippen molar-refractivity contribution in [1.82, 2.24) is 10.3 Å². The van der Waals surface area contributed by atoms with Crippen LogP contribution in [-0.2, 0) is 0 Å². The molecule has 1 N–H and O–H groups in total. The number of nitrogens with zero attached hydrogens (tertiary/aromatic N) is 1. The first-order valence-corrected chi connectivity index (χ1v) is 6.12. The summed E-state index contributed by atoms with van der Waals surface area (Å²) in [6.45, 7) is 2.01. The molecule has 17 heavy (non-hydrogen) atoms. The van der Waals surface area contributed by atoms with Gasteiger partial charge >= 0.3 is 0 Å². The van der Waals surface area contributed by atoms with E-state index in [4.69, 9.17) is 16.3 Å². The van der Waals surface area contributed by atoms with Gasteiger partial charge in [0, 0.05) is 18.1 Å². The van der Waals surface area contributed by atoms with E-state index in [1.807, 2.05) is 6.92 Å². The van der Waals surface area contributed by atoms with Crippen molar-refractivity contribution in [1.29, 1.82) is 0 Å². The number of ether oxygens (including phenoxy) is 1. The van der Waals surface area contributed by atoms with Crippen LogP contribution in [0.15, 0.2) is 18.3 Å². The summed E-state index contributed by atoms with van der Waals surface area (Å²) in [6.07, 6.45) is 3.19. The fourth-order valence-corrected chi connectivity index (χ4v) is 1.76. The zero-order chi connectivity index (χ0) is 12.7. The molecule has 1 atom stereocenters. The topological polar surface area (TPSA) is 51.2 Å². The number of carbonyl (C=O) groups is 1. The lowest BCUT2D eigenvalue weighted by molar-refractivity contribution is 0.0931. The van der Waals surface area contributed by atoms with Gasteiger partial charge in [-0.05, 0) is 25.0 Å². The molecule has 0 aliphatic carbocycles. The molecule has 5 heteroatoms. The van der Waals surface area contributed by atoms with Crippen LogP contribution in [0.3, 0.4) is 0 Å². The monoisotopic (exact) mass is 256 g/mol. The SMILES string of the molecule is CCC(CCCl)NC(=O)c1cccnc1OC. The van der Waals surface area contributed by atoms with Crippen molar-refractivity contribution in [2.75, 3.05) is 13.0 Å². The summed E-state index contributed by atoms with van der Waals surface area (Å²) in [4.78, 5) is 16.0. The number of halogens is 1. The molecule has 0 aromatic carbocycles. The maximum absolute atomic E-state index is 12.0. The second kappa shape index (κ2) is 7.12. The van der Waals surface area contributed by atoms with E-state index < -0.39 is 0 Å². The van der Waals surface area contributed by atoms with Gasteiger partial charge < -0.3 is 10.1 Å². The first kappa shape index (κ1) is 13.8. The van der Waals surface area contributed by atoms with Crippen LogP contribution in [0.2, 0.25) is 0 Å².